The van der Waals surface area contributed by atoms with Gasteiger partial charge in [0.05, 0.1) is 0 Å². The van der Waals surface area contributed by atoms with Crippen molar-refractivity contribution < 1.29 is 4.42 Å². The van der Waals surface area contributed by atoms with Crippen molar-refractivity contribution in [2.75, 3.05) is 0 Å². The smallest absolute Gasteiger partial charge is 0.248 e. The van der Waals surface area contributed by atoms with E-state index in [-0.39, 0.29) is 0 Å². The summed E-state index contributed by atoms with van der Waals surface area (Å²) < 4.78 is 5.62. The molecule has 0 aliphatic rings. The predicted octanol–water partition coefficient (Wildman–Crippen LogP) is 5.36. The Kier molecular flexibility index (Phi) is 3.66. The van der Waals surface area contributed by atoms with Crippen molar-refractivity contribution in [2.24, 2.45) is 0 Å². The maximum atomic E-state index is 5.95. The molecule has 2 aromatic carbocycles. The van der Waals surface area contributed by atoms with E-state index in [0.717, 1.165) is 5.56 Å². The van der Waals surface area contributed by atoms with Gasteiger partial charge in [0.2, 0.25) is 11.8 Å². The van der Waals surface area contributed by atoms with Crippen molar-refractivity contribution in [2.45, 2.75) is 0 Å². The highest BCUT2D eigenvalue weighted by atomic mass is 35.5. The van der Waals surface area contributed by atoms with Crippen molar-refractivity contribution >= 4 is 34.8 Å². The lowest BCUT2D eigenvalue weighted by molar-refractivity contribution is 0.584. The standard InChI is InChI=1S/C14H7Cl3N2O/c15-10-3-1-8(2-4-10)13-18-19-14(20-13)9-5-11(16)7-12(17)6-9/h1-7H. The Hall–Kier alpha value is -1.55. The highest BCUT2D eigenvalue weighted by Gasteiger charge is 2.11. The topological polar surface area (TPSA) is 38.9 Å². The van der Waals surface area contributed by atoms with Gasteiger partial charge in [-0.1, -0.05) is 34.8 Å². The van der Waals surface area contributed by atoms with Crippen molar-refractivity contribution in [3.8, 4) is 22.9 Å². The quantitative estimate of drug-likeness (QED) is 0.636. The first-order valence-corrected chi connectivity index (χ1v) is 6.81. The zero-order valence-electron chi connectivity index (χ0n) is 9.98. The molecule has 0 aliphatic heterocycles. The van der Waals surface area contributed by atoms with Gasteiger partial charge >= 0.3 is 0 Å². The fourth-order valence-corrected chi connectivity index (χ4v) is 2.38. The zero-order valence-corrected chi connectivity index (χ0v) is 12.2. The first-order chi connectivity index (χ1) is 9.61. The molecule has 3 nitrogen and oxygen atoms in total. The first-order valence-electron chi connectivity index (χ1n) is 5.68. The molecule has 0 saturated carbocycles. The Balaban J connectivity index is 1.99. The minimum Gasteiger partial charge on any atom is -0.416 e. The third kappa shape index (κ3) is 2.80. The summed E-state index contributed by atoms with van der Waals surface area (Å²) in [5, 5.41) is 9.68. The van der Waals surface area contributed by atoms with Crippen molar-refractivity contribution in [1.29, 1.82) is 0 Å². The van der Waals surface area contributed by atoms with E-state index in [1.807, 2.05) is 12.1 Å². The second kappa shape index (κ2) is 5.44. The van der Waals surface area contributed by atoms with E-state index < -0.39 is 0 Å². The summed E-state index contributed by atoms with van der Waals surface area (Å²) >= 11 is 17.7. The Labute approximate surface area is 130 Å². The van der Waals surface area contributed by atoms with E-state index in [4.69, 9.17) is 39.2 Å². The van der Waals surface area contributed by atoms with Crippen LogP contribution < -0.4 is 0 Å². The SMILES string of the molecule is Clc1ccc(-c2nnc(-c3cc(Cl)cc(Cl)c3)o2)cc1. The normalized spacial score (nSPS) is 10.8. The lowest BCUT2D eigenvalue weighted by atomic mass is 10.2. The van der Waals surface area contributed by atoms with Crippen LogP contribution in [0, 0.1) is 0 Å². The number of hydrogen-bond donors (Lipinski definition) is 0. The van der Waals surface area contributed by atoms with Gasteiger partial charge in [-0.05, 0) is 42.5 Å². The van der Waals surface area contributed by atoms with Crippen molar-refractivity contribution in [3.05, 3.63) is 57.5 Å². The summed E-state index contributed by atoms with van der Waals surface area (Å²) in [5.41, 5.74) is 1.47. The Morgan fingerprint density at radius 1 is 0.650 bits per heavy atom. The van der Waals surface area contributed by atoms with E-state index in [1.54, 1.807) is 30.3 Å². The van der Waals surface area contributed by atoms with Crippen LogP contribution in [-0.2, 0) is 0 Å². The van der Waals surface area contributed by atoms with Crippen LogP contribution in [-0.4, -0.2) is 10.2 Å². The maximum Gasteiger partial charge on any atom is 0.248 e. The van der Waals surface area contributed by atoms with E-state index >= 15 is 0 Å². The maximum absolute atomic E-state index is 5.95. The van der Waals surface area contributed by atoms with Gasteiger partial charge in [0.15, 0.2) is 0 Å². The largest absolute Gasteiger partial charge is 0.416 e. The van der Waals surface area contributed by atoms with Crippen LogP contribution in [0.1, 0.15) is 0 Å². The molecule has 0 bridgehead atoms. The van der Waals surface area contributed by atoms with E-state index in [9.17, 15) is 0 Å². The monoisotopic (exact) mass is 324 g/mol. The molecule has 3 rings (SSSR count). The molecule has 0 N–H and O–H groups in total. The minimum absolute atomic E-state index is 0.361. The van der Waals surface area contributed by atoms with Gasteiger partial charge in [-0.15, -0.1) is 10.2 Å². The molecule has 0 saturated heterocycles. The Morgan fingerprint density at radius 2 is 1.20 bits per heavy atom. The van der Waals surface area contributed by atoms with E-state index in [0.29, 0.717) is 32.4 Å². The van der Waals surface area contributed by atoms with Gasteiger partial charge in [0.25, 0.3) is 0 Å². The molecule has 0 aliphatic carbocycles. The second-order valence-corrected chi connectivity index (χ2v) is 5.39. The molecule has 0 unspecified atom stereocenters. The van der Waals surface area contributed by atoms with E-state index in [1.165, 1.54) is 0 Å². The summed E-state index contributed by atoms with van der Waals surface area (Å²) in [5.74, 6) is 0.770. The average molecular weight is 326 g/mol. The zero-order chi connectivity index (χ0) is 14.1. The van der Waals surface area contributed by atoms with Gasteiger partial charge in [-0.2, -0.15) is 0 Å². The molecule has 0 amide bonds. The molecule has 1 aromatic heterocycles. The molecule has 20 heavy (non-hydrogen) atoms. The fourth-order valence-electron chi connectivity index (χ4n) is 1.73. The Morgan fingerprint density at radius 3 is 1.80 bits per heavy atom. The lowest BCUT2D eigenvalue weighted by Crippen LogP contribution is -1.78. The third-order valence-electron chi connectivity index (χ3n) is 2.63. The van der Waals surface area contributed by atoms with Crippen molar-refractivity contribution in [3.63, 3.8) is 0 Å². The van der Waals surface area contributed by atoms with Crippen LogP contribution in [0.3, 0.4) is 0 Å². The number of aromatic nitrogens is 2. The van der Waals surface area contributed by atoms with Crippen LogP contribution in [0.4, 0.5) is 0 Å². The molecule has 100 valence electrons. The van der Waals surface area contributed by atoms with Gasteiger partial charge in [-0.25, -0.2) is 0 Å². The second-order valence-electron chi connectivity index (χ2n) is 4.08. The molecule has 0 fully saturated rings. The highest BCUT2D eigenvalue weighted by Crippen LogP contribution is 2.28. The number of hydrogen-bond acceptors (Lipinski definition) is 3. The van der Waals surface area contributed by atoms with Gasteiger partial charge in [-0.3, -0.25) is 0 Å². The predicted molar refractivity (Wildman–Crippen MR) is 80.2 cm³/mol. The fraction of sp³-hybridized carbons (Fsp3) is 0. The molecule has 0 spiro atoms. The van der Waals surface area contributed by atoms with E-state index in [2.05, 4.69) is 10.2 Å². The molecule has 1 heterocycles. The number of benzene rings is 2. The third-order valence-corrected chi connectivity index (χ3v) is 3.31. The van der Waals surface area contributed by atoms with Crippen LogP contribution in [0.5, 0.6) is 0 Å². The Bertz CT molecular complexity index is 733. The number of halogens is 3. The summed E-state index contributed by atoms with van der Waals surface area (Å²) in [6.07, 6.45) is 0. The summed E-state index contributed by atoms with van der Waals surface area (Å²) in [4.78, 5) is 0. The molecular weight excluding hydrogens is 319 g/mol. The number of rotatable bonds is 2. The summed E-state index contributed by atoms with van der Waals surface area (Å²) in [6.45, 7) is 0. The van der Waals surface area contributed by atoms with Crippen LogP contribution in [0.2, 0.25) is 15.1 Å². The van der Waals surface area contributed by atoms with Gasteiger partial charge < -0.3 is 4.42 Å². The molecule has 0 radical (unpaired) electrons. The minimum atomic E-state index is 0.361. The van der Waals surface area contributed by atoms with Gasteiger partial charge in [0.1, 0.15) is 0 Å². The summed E-state index contributed by atoms with van der Waals surface area (Å²) in [7, 11) is 0. The molecule has 0 atom stereocenters. The highest BCUT2D eigenvalue weighted by molar-refractivity contribution is 6.35. The average Bonchev–Trinajstić information content (AvgIpc) is 2.88. The van der Waals surface area contributed by atoms with Crippen LogP contribution in [0.15, 0.2) is 46.9 Å². The lowest BCUT2D eigenvalue weighted by Gasteiger charge is -1.98. The van der Waals surface area contributed by atoms with Crippen LogP contribution >= 0.6 is 34.8 Å². The van der Waals surface area contributed by atoms with Gasteiger partial charge in [0, 0.05) is 26.2 Å². The summed E-state index contributed by atoms with van der Waals surface area (Å²) in [6, 6.07) is 12.2. The van der Waals surface area contributed by atoms with Crippen LogP contribution in [0.25, 0.3) is 22.9 Å². The van der Waals surface area contributed by atoms with Crippen molar-refractivity contribution in [1.82, 2.24) is 10.2 Å². The number of nitrogens with zero attached hydrogens (tertiary/aromatic N) is 2. The molecular formula is C14H7Cl3N2O. The first kappa shape index (κ1) is 13.4. The molecule has 6 heteroatoms. The molecule has 3 aromatic rings.